The van der Waals surface area contributed by atoms with Crippen LogP contribution in [0.25, 0.3) is 0 Å². The van der Waals surface area contributed by atoms with E-state index >= 15 is 0 Å². The average Bonchev–Trinajstić information content (AvgIpc) is 2.95. The molecule has 0 aliphatic carbocycles. The minimum Gasteiger partial charge on any atom is -0.444 e. The molecule has 13 nitrogen and oxygen atoms in total. The number of hydrogen-bond donors (Lipinski definition) is 0. The number of alkyl halides is 1. The Morgan fingerprint density at radius 2 is 0.714 bits per heavy atom. The first-order valence-electron chi connectivity index (χ1n) is 14.6. The quantitative estimate of drug-likeness (QED) is 0.0798. The zero-order valence-corrected chi connectivity index (χ0v) is 27.0. The van der Waals surface area contributed by atoms with Crippen LogP contribution in [0.15, 0.2) is 0 Å². The number of amides is 1. The van der Waals surface area contributed by atoms with Gasteiger partial charge < -0.3 is 57.0 Å². The highest BCUT2D eigenvalue weighted by atomic mass is 35.5. The van der Waals surface area contributed by atoms with Crippen LogP contribution in [0.4, 0.5) is 4.79 Å². The number of halogens is 1. The maximum atomic E-state index is 11.8. The molecule has 252 valence electrons. The van der Waals surface area contributed by atoms with E-state index in [9.17, 15) is 4.79 Å². The molecule has 0 spiro atoms. The Kier molecular flexibility index (Phi) is 30.9. The summed E-state index contributed by atoms with van der Waals surface area (Å²) in [6.07, 6.45) is -0.364. The van der Waals surface area contributed by atoms with Crippen molar-refractivity contribution < 1.29 is 56.9 Å². The van der Waals surface area contributed by atoms with E-state index in [0.717, 1.165) is 0 Å². The van der Waals surface area contributed by atoms with Crippen molar-refractivity contribution in [1.29, 1.82) is 0 Å². The van der Waals surface area contributed by atoms with Gasteiger partial charge in [0.05, 0.1) is 132 Å². The van der Waals surface area contributed by atoms with Crippen molar-refractivity contribution in [2.45, 2.75) is 26.4 Å². The molecular formula is C28H56ClNO12. The lowest BCUT2D eigenvalue weighted by Gasteiger charge is -2.24. The lowest BCUT2D eigenvalue weighted by molar-refractivity contribution is -0.0265. The Balaban J connectivity index is 3.15. The molecule has 0 aliphatic heterocycles. The number of hydrogen-bond acceptors (Lipinski definition) is 12. The molecule has 14 heteroatoms. The normalized spacial score (nSPS) is 11.7. The van der Waals surface area contributed by atoms with Crippen molar-refractivity contribution in [1.82, 2.24) is 4.90 Å². The van der Waals surface area contributed by atoms with E-state index in [2.05, 4.69) is 0 Å². The number of likely N-dealkylation sites (N-methyl/N-ethyl adjacent to an activating group) is 1. The standard InChI is InChI=1S/C28H56ClNO12/c1-28(2,3)42-27(31)30(4)6-8-33-10-12-35-14-16-37-18-20-39-22-24-41-26-25-40-23-21-38-19-17-36-15-13-34-11-9-32-7-5-29/h5-26H2,1-4H3. The Morgan fingerprint density at radius 1 is 0.476 bits per heavy atom. The monoisotopic (exact) mass is 633 g/mol. The fourth-order valence-corrected chi connectivity index (χ4v) is 2.88. The summed E-state index contributed by atoms with van der Waals surface area (Å²) in [4.78, 5) is 13.3. The summed E-state index contributed by atoms with van der Waals surface area (Å²) in [5.41, 5.74) is -0.508. The van der Waals surface area contributed by atoms with Crippen molar-refractivity contribution in [2.75, 3.05) is 152 Å². The molecule has 0 unspecified atom stereocenters. The SMILES string of the molecule is CN(CCOCCOCCOCCOCCOCCOCCOCCOCCOCCOCCCl)C(=O)OC(C)(C)C. The summed E-state index contributed by atoms with van der Waals surface area (Å²) in [7, 11) is 1.68. The highest BCUT2D eigenvalue weighted by Crippen LogP contribution is 2.08. The molecule has 0 aromatic heterocycles. The summed E-state index contributed by atoms with van der Waals surface area (Å²) < 4.78 is 59.4. The van der Waals surface area contributed by atoms with Gasteiger partial charge in [-0.1, -0.05) is 0 Å². The van der Waals surface area contributed by atoms with Gasteiger partial charge in [-0.15, -0.1) is 11.6 Å². The second-order valence-electron chi connectivity index (χ2n) is 9.71. The Bertz CT molecular complexity index is 571. The van der Waals surface area contributed by atoms with E-state index in [1.165, 1.54) is 4.90 Å². The molecule has 0 aromatic carbocycles. The maximum Gasteiger partial charge on any atom is 0.410 e. The second kappa shape index (κ2) is 31.6. The summed E-state index contributed by atoms with van der Waals surface area (Å²) >= 11 is 5.50. The predicted molar refractivity (Wildman–Crippen MR) is 158 cm³/mol. The van der Waals surface area contributed by atoms with Crippen LogP contribution in [-0.2, 0) is 52.1 Å². The van der Waals surface area contributed by atoms with Crippen molar-refractivity contribution >= 4 is 17.7 Å². The zero-order valence-electron chi connectivity index (χ0n) is 26.3. The van der Waals surface area contributed by atoms with Gasteiger partial charge in [-0.05, 0) is 20.8 Å². The molecule has 0 N–H and O–H groups in total. The van der Waals surface area contributed by atoms with Crippen molar-refractivity contribution in [2.24, 2.45) is 0 Å². The summed E-state index contributed by atoms with van der Waals surface area (Å²) in [5.74, 6) is 0.495. The van der Waals surface area contributed by atoms with Gasteiger partial charge in [0.15, 0.2) is 0 Å². The summed E-state index contributed by atoms with van der Waals surface area (Å²) in [6, 6.07) is 0. The first-order valence-corrected chi connectivity index (χ1v) is 15.2. The number of carbonyl (C=O) groups excluding carboxylic acids is 1. The first kappa shape index (κ1) is 41.2. The van der Waals surface area contributed by atoms with Crippen LogP contribution in [0, 0.1) is 0 Å². The average molecular weight is 634 g/mol. The smallest absolute Gasteiger partial charge is 0.410 e. The van der Waals surface area contributed by atoms with Crippen LogP contribution in [0.2, 0.25) is 0 Å². The van der Waals surface area contributed by atoms with Crippen LogP contribution in [0.3, 0.4) is 0 Å². The van der Waals surface area contributed by atoms with E-state index < -0.39 is 5.60 Å². The molecular weight excluding hydrogens is 578 g/mol. The summed E-state index contributed by atoms with van der Waals surface area (Å²) in [5, 5.41) is 0. The van der Waals surface area contributed by atoms with Crippen LogP contribution in [0.5, 0.6) is 0 Å². The van der Waals surface area contributed by atoms with E-state index in [1.54, 1.807) is 7.05 Å². The van der Waals surface area contributed by atoms with Crippen molar-refractivity contribution in [3.8, 4) is 0 Å². The number of carbonyl (C=O) groups is 1. The van der Waals surface area contributed by atoms with Crippen LogP contribution >= 0.6 is 11.6 Å². The summed E-state index contributed by atoms with van der Waals surface area (Å²) in [6.45, 7) is 15.9. The van der Waals surface area contributed by atoms with Gasteiger partial charge in [0.2, 0.25) is 0 Å². The molecule has 0 heterocycles. The number of nitrogens with zero attached hydrogens (tertiary/aromatic N) is 1. The Hall–Kier alpha value is -0.840. The lowest BCUT2D eigenvalue weighted by Crippen LogP contribution is -2.36. The third-order valence-electron chi connectivity index (χ3n) is 4.85. The van der Waals surface area contributed by atoms with Gasteiger partial charge in [0.1, 0.15) is 5.60 Å². The Morgan fingerprint density at radius 3 is 0.952 bits per heavy atom. The predicted octanol–water partition coefficient (Wildman–Crippen LogP) is 2.26. The fraction of sp³-hybridized carbons (Fsp3) is 0.964. The van der Waals surface area contributed by atoms with Gasteiger partial charge >= 0.3 is 6.09 Å². The first-order chi connectivity index (χ1) is 20.4. The molecule has 1 amide bonds. The minimum absolute atomic E-state index is 0.364. The topological polar surface area (TPSA) is 122 Å². The Labute approximate surface area is 257 Å². The molecule has 0 saturated carbocycles. The largest absolute Gasteiger partial charge is 0.444 e. The van der Waals surface area contributed by atoms with Crippen LogP contribution in [0.1, 0.15) is 20.8 Å². The molecule has 42 heavy (non-hydrogen) atoms. The number of rotatable bonds is 32. The zero-order chi connectivity index (χ0) is 31.0. The number of ether oxygens (including phenoxy) is 11. The maximum absolute atomic E-state index is 11.8. The lowest BCUT2D eigenvalue weighted by atomic mass is 10.2. The highest BCUT2D eigenvalue weighted by Gasteiger charge is 2.19. The molecule has 0 bridgehead atoms. The minimum atomic E-state index is -0.508. The van der Waals surface area contributed by atoms with Gasteiger partial charge in [-0.2, -0.15) is 0 Å². The van der Waals surface area contributed by atoms with Crippen molar-refractivity contribution in [3.05, 3.63) is 0 Å². The fourth-order valence-electron chi connectivity index (χ4n) is 2.77. The van der Waals surface area contributed by atoms with E-state index in [1.807, 2.05) is 20.8 Å². The van der Waals surface area contributed by atoms with E-state index in [0.29, 0.717) is 145 Å². The van der Waals surface area contributed by atoms with E-state index in [-0.39, 0.29) is 6.09 Å². The van der Waals surface area contributed by atoms with Gasteiger partial charge in [-0.3, -0.25) is 0 Å². The van der Waals surface area contributed by atoms with Gasteiger partial charge in [0, 0.05) is 19.5 Å². The third-order valence-corrected chi connectivity index (χ3v) is 5.00. The molecule has 0 aromatic rings. The third kappa shape index (κ3) is 33.7. The molecule has 0 aliphatic rings. The highest BCUT2D eigenvalue weighted by molar-refractivity contribution is 6.17. The molecule has 0 saturated heterocycles. The second-order valence-corrected chi connectivity index (χ2v) is 10.1. The van der Waals surface area contributed by atoms with Crippen molar-refractivity contribution in [3.63, 3.8) is 0 Å². The van der Waals surface area contributed by atoms with Crippen LogP contribution in [-0.4, -0.2) is 168 Å². The van der Waals surface area contributed by atoms with Gasteiger partial charge in [0.25, 0.3) is 0 Å². The van der Waals surface area contributed by atoms with Gasteiger partial charge in [-0.25, -0.2) is 4.79 Å². The molecule has 0 radical (unpaired) electrons. The van der Waals surface area contributed by atoms with E-state index in [4.69, 9.17) is 63.7 Å². The van der Waals surface area contributed by atoms with Crippen LogP contribution < -0.4 is 0 Å². The molecule has 0 rings (SSSR count). The molecule has 0 atom stereocenters. The molecule has 0 fully saturated rings.